The van der Waals surface area contributed by atoms with Gasteiger partial charge >= 0.3 is 0 Å². The predicted molar refractivity (Wildman–Crippen MR) is 80.7 cm³/mol. The van der Waals surface area contributed by atoms with Crippen LogP contribution in [-0.2, 0) is 6.42 Å². The van der Waals surface area contributed by atoms with Gasteiger partial charge in [0, 0.05) is 17.8 Å². The van der Waals surface area contributed by atoms with Crippen molar-refractivity contribution in [3.05, 3.63) is 23.5 Å². The van der Waals surface area contributed by atoms with Gasteiger partial charge in [-0.3, -0.25) is 4.40 Å². The van der Waals surface area contributed by atoms with E-state index in [9.17, 15) is 0 Å². The first kappa shape index (κ1) is 13.1. The molecule has 2 heterocycles. The molecule has 0 saturated heterocycles. The molecule has 1 saturated carbocycles. The van der Waals surface area contributed by atoms with Crippen molar-refractivity contribution in [1.82, 2.24) is 14.7 Å². The first-order valence-corrected chi connectivity index (χ1v) is 8.22. The Morgan fingerprint density at radius 1 is 1.42 bits per heavy atom. The van der Waals surface area contributed by atoms with Crippen LogP contribution in [0.15, 0.2) is 17.8 Å². The number of hydrogen-bond donors (Lipinski definition) is 1. The molecule has 2 aromatic heterocycles. The third-order valence-corrected chi connectivity index (χ3v) is 4.92. The summed E-state index contributed by atoms with van der Waals surface area (Å²) in [6, 6.07) is 0. The van der Waals surface area contributed by atoms with E-state index >= 15 is 0 Å². The molecule has 1 aliphatic carbocycles. The highest BCUT2D eigenvalue weighted by molar-refractivity contribution is 7.15. The summed E-state index contributed by atoms with van der Waals surface area (Å²) in [7, 11) is 0. The second kappa shape index (κ2) is 5.63. The molecule has 3 nitrogen and oxygen atoms in total. The number of fused-ring (bicyclic) bond motifs is 1. The molecule has 1 N–H and O–H groups in total. The zero-order chi connectivity index (χ0) is 13.2. The SMILES string of the molecule is CC(C)CNCC1CCC1Cc1cn2ccsc2n1. The van der Waals surface area contributed by atoms with Crippen LogP contribution < -0.4 is 5.32 Å². The molecule has 19 heavy (non-hydrogen) atoms. The van der Waals surface area contributed by atoms with Crippen LogP contribution in [-0.4, -0.2) is 22.5 Å². The minimum absolute atomic E-state index is 0.749. The number of thiazole rings is 1. The van der Waals surface area contributed by atoms with E-state index in [-0.39, 0.29) is 0 Å². The van der Waals surface area contributed by atoms with Crippen LogP contribution in [0, 0.1) is 17.8 Å². The Labute approximate surface area is 119 Å². The fourth-order valence-corrected chi connectivity index (χ4v) is 3.59. The summed E-state index contributed by atoms with van der Waals surface area (Å²) in [5.41, 5.74) is 1.27. The number of hydrogen-bond acceptors (Lipinski definition) is 3. The molecule has 0 bridgehead atoms. The van der Waals surface area contributed by atoms with E-state index in [2.05, 4.69) is 41.3 Å². The van der Waals surface area contributed by atoms with E-state index in [0.717, 1.165) is 35.7 Å². The van der Waals surface area contributed by atoms with Crippen LogP contribution >= 0.6 is 11.3 Å². The van der Waals surface area contributed by atoms with E-state index in [1.807, 2.05) is 0 Å². The monoisotopic (exact) mass is 277 g/mol. The average molecular weight is 277 g/mol. The normalized spacial score (nSPS) is 23.1. The van der Waals surface area contributed by atoms with Crippen molar-refractivity contribution >= 4 is 16.3 Å². The van der Waals surface area contributed by atoms with Crippen LogP contribution in [0.3, 0.4) is 0 Å². The second-order valence-corrected chi connectivity index (χ2v) is 7.05. The molecule has 0 radical (unpaired) electrons. The van der Waals surface area contributed by atoms with Gasteiger partial charge in [-0.1, -0.05) is 13.8 Å². The molecule has 0 aliphatic heterocycles. The smallest absolute Gasteiger partial charge is 0.193 e. The summed E-state index contributed by atoms with van der Waals surface area (Å²) in [6.07, 6.45) is 8.21. The summed E-state index contributed by atoms with van der Waals surface area (Å²) < 4.78 is 2.14. The summed E-state index contributed by atoms with van der Waals surface area (Å²) in [6.45, 7) is 6.86. The van der Waals surface area contributed by atoms with Gasteiger partial charge in [-0.25, -0.2) is 4.98 Å². The van der Waals surface area contributed by atoms with Gasteiger partial charge in [-0.2, -0.15) is 0 Å². The van der Waals surface area contributed by atoms with E-state index < -0.39 is 0 Å². The molecule has 1 aliphatic rings. The zero-order valence-electron chi connectivity index (χ0n) is 11.8. The van der Waals surface area contributed by atoms with Gasteiger partial charge in [0.2, 0.25) is 0 Å². The lowest BCUT2D eigenvalue weighted by molar-refractivity contribution is 0.168. The number of aromatic nitrogens is 2. The molecule has 1 fully saturated rings. The van der Waals surface area contributed by atoms with E-state index in [1.165, 1.54) is 25.1 Å². The molecule has 4 heteroatoms. The summed E-state index contributed by atoms with van der Waals surface area (Å²) in [5, 5.41) is 5.69. The lowest BCUT2D eigenvalue weighted by Gasteiger charge is -2.36. The number of rotatable bonds is 6. The van der Waals surface area contributed by atoms with Gasteiger partial charge in [0.15, 0.2) is 4.96 Å². The van der Waals surface area contributed by atoms with Crippen molar-refractivity contribution in [2.75, 3.05) is 13.1 Å². The maximum atomic E-state index is 4.70. The van der Waals surface area contributed by atoms with Crippen LogP contribution in [0.25, 0.3) is 4.96 Å². The highest BCUT2D eigenvalue weighted by Gasteiger charge is 2.30. The molecular formula is C15H23N3S. The number of nitrogens with zero attached hydrogens (tertiary/aromatic N) is 2. The third kappa shape index (κ3) is 3.00. The first-order valence-electron chi connectivity index (χ1n) is 7.34. The van der Waals surface area contributed by atoms with Gasteiger partial charge in [0.05, 0.1) is 5.69 Å². The Morgan fingerprint density at radius 3 is 2.95 bits per heavy atom. The Kier molecular flexibility index (Phi) is 3.89. The van der Waals surface area contributed by atoms with Crippen molar-refractivity contribution in [3.8, 4) is 0 Å². The molecule has 2 atom stereocenters. The predicted octanol–water partition coefficient (Wildman–Crippen LogP) is 3.21. The minimum Gasteiger partial charge on any atom is -0.316 e. The minimum atomic E-state index is 0.749. The maximum Gasteiger partial charge on any atom is 0.193 e. The largest absolute Gasteiger partial charge is 0.316 e. The Hall–Kier alpha value is -0.870. The quantitative estimate of drug-likeness (QED) is 0.878. The topological polar surface area (TPSA) is 29.3 Å². The highest BCUT2D eigenvalue weighted by Crippen LogP contribution is 2.36. The van der Waals surface area contributed by atoms with Gasteiger partial charge < -0.3 is 5.32 Å². The maximum absolute atomic E-state index is 4.70. The average Bonchev–Trinajstić information content (AvgIpc) is 2.90. The van der Waals surface area contributed by atoms with Gasteiger partial charge in [-0.05, 0) is 50.1 Å². The zero-order valence-corrected chi connectivity index (χ0v) is 12.6. The molecule has 2 unspecified atom stereocenters. The van der Waals surface area contributed by atoms with Crippen LogP contribution in [0.5, 0.6) is 0 Å². The van der Waals surface area contributed by atoms with Crippen molar-refractivity contribution in [3.63, 3.8) is 0 Å². The van der Waals surface area contributed by atoms with E-state index in [1.54, 1.807) is 11.3 Å². The van der Waals surface area contributed by atoms with Gasteiger partial charge in [-0.15, -0.1) is 11.3 Å². The lowest BCUT2D eigenvalue weighted by atomic mass is 9.71. The first-order chi connectivity index (χ1) is 9.22. The molecule has 0 aromatic carbocycles. The molecule has 0 spiro atoms. The molecule has 2 aromatic rings. The van der Waals surface area contributed by atoms with E-state index in [0.29, 0.717) is 0 Å². The van der Waals surface area contributed by atoms with Crippen molar-refractivity contribution < 1.29 is 0 Å². The fourth-order valence-electron chi connectivity index (χ4n) is 2.88. The summed E-state index contributed by atoms with van der Waals surface area (Å²) in [4.78, 5) is 5.83. The Bertz CT molecular complexity index is 500. The van der Waals surface area contributed by atoms with Gasteiger partial charge in [0.25, 0.3) is 0 Å². The summed E-state index contributed by atoms with van der Waals surface area (Å²) in [5.74, 6) is 2.45. The second-order valence-electron chi connectivity index (χ2n) is 6.18. The molecule has 3 rings (SSSR count). The fraction of sp³-hybridized carbons (Fsp3) is 0.667. The number of nitrogens with one attached hydrogen (secondary N) is 1. The van der Waals surface area contributed by atoms with Crippen LogP contribution in [0.4, 0.5) is 0 Å². The lowest BCUT2D eigenvalue weighted by Crippen LogP contribution is -2.37. The third-order valence-electron chi connectivity index (χ3n) is 4.15. The van der Waals surface area contributed by atoms with E-state index in [4.69, 9.17) is 4.98 Å². The van der Waals surface area contributed by atoms with Gasteiger partial charge in [0.1, 0.15) is 0 Å². The van der Waals surface area contributed by atoms with Crippen molar-refractivity contribution in [2.45, 2.75) is 33.1 Å². The van der Waals surface area contributed by atoms with Crippen LogP contribution in [0.1, 0.15) is 32.4 Å². The molecule has 0 amide bonds. The Morgan fingerprint density at radius 2 is 2.26 bits per heavy atom. The highest BCUT2D eigenvalue weighted by atomic mass is 32.1. The number of imidazole rings is 1. The van der Waals surface area contributed by atoms with Crippen molar-refractivity contribution in [1.29, 1.82) is 0 Å². The van der Waals surface area contributed by atoms with Crippen LogP contribution in [0.2, 0.25) is 0 Å². The standard InChI is InChI=1S/C15H23N3S/c1-11(2)8-16-9-13-4-3-12(13)7-14-10-18-5-6-19-15(18)17-14/h5-6,10-13,16H,3-4,7-9H2,1-2H3. The van der Waals surface area contributed by atoms with Crippen molar-refractivity contribution in [2.24, 2.45) is 17.8 Å². The summed E-state index contributed by atoms with van der Waals surface area (Å²) >= 11 is 1.72. The molecular weight excluding hydrogens is 254 g/mol. The molecule has 104 valence electrons. The Balaban J connectivity index is 1.51.